The van der Waals surface area contributed by atoms with E-state index >= 15 is 0 Å². The van der Waals surface area contributed by atoms with Gasteiger partial charge in [0.1, 0.15) is 11.6 Å². The molecule has 1 N–H and O–H groups in total. The number of aromatic nitrogens is 3. The Morgan fingerprint density at radius 3 is 2.63 bits per heavy atom. The van der Waals surface area contributed by atoms with Gasteiger partial charge in [0.2, 0.25) is 5.95 Å². The van der Waals surface area contributed by atoms with Crippen LogP contribution in [0.2, 0.25) is 0 Å². The molecule has 6 nitrogen and oxygen atoms in total. The van der Waals surface area contributed by atoms with Crippen molar-refractivity contribution in [3.63, 3.8) is 0 Å². The largest absolute Gasteiger partial charge is 0.492 e. The van der Waals surface area contributed by atoms with Crippen LogP contribution in [0.15, 0.2) is 54.9 Å². The molecule has 0 aliphatic rings. The molecule has 0 saturated carbocycles. The first kappa shape index (κ1) is 18.6. The third kappa shape index (κ3) is 5.17. The zero-order valence-electron chi connectivity index (χ0n) is 16.0. The van der Waals surface area contributed by atoms with Crippen molar-refractivity contribution in [3.05, 3.63) is 66.1 Å². The van der Waals surface area contributed by atoms with Gasteiger partial charge in [0.25, 0.3) is 0 Å². The number of likely N-dealkylation sites (N-methyl/N-ethyl adjacent to an activating group) is 1. The number of para-hydroxylation sites is 2. The van der Waals surface area contributed by atoms with Crippen molar-refractivity contribution in [2.45, 2.75) is 20.3 Å². The SMILES string of the molecule is CCOc1ccccc1Nc1nc(C)cc(N(C)CCc2ccncc2)n1. The molecule has 0 bridgehead atoms. The first-order valence-corrected chi connectivity index (χ1v) is 9.10. The minimum absolute atomic E-state index is 0.563. The number of benzene rings is 1. The van der Waals surface area contributed by atoms with Crippen molar-refractivity contribution in [1.82, 2.24) is 15.0 Å². The molecule has 2 aromatic heterocycles. The maximum atomic E-state index is 5.67. The zero-order valence-corrected chi connectivity index (χ0v) is 16.0. The van der Waals surface area contributed by atoms with Crippen molar-refractivity contribution in [1.29, 1.82) is 0 Å². The number of nitrogens with one attached hydrogen (secondary N) is 1. The van der Waals surface area contributed by atoms with Gasteiger partial charge in [-0.1, -0.05) is 12.1 Å². The number of pyridine rings is 1. The highest BCUT2D eigenvalue weighted by molar-refractivity contribution is 5.63. The molecule has 3 rings (SSSR count). The molecule has 3 aromatic rings. The molecule has 6 heteroatoms. The summed E-state index contributed by atoms with van der Waals surface area (Å²) in [5.41, 5.74) is 3.02. The highest BCUT2D eigenvalue weighted by Crippen LogP contribution is 2.27. The molecule has 1 aromatic carbocycles. The normalized spacial score (nSPS) is 10.5. The number of hydrogen-bond acceptors (Lipinski definition) is 6. The number of nitrogens with zero attached hydrogens (tertiary/aromatic N) is 4. The van der Waals surface area contributed by atoms with E-state index in [4.69, 9.17) is 4.74 Å². The molecule has 2 heterocycles. The Morgan fingerprint density at radius 1 is 1.07 bits per heavy atom. The van der Waals surface area contributed by atoms with E-state index in [9.17, 15) is 0 Å². The summed E-state index contributed by atoms with van der Waals surface area (Å²) >= 11 is 0. The van der Waals surface area contributed by atoms with Crippen LogP contribution in [0, 0.1) is 6.92 Å². The highest BCUT2D eigenvalue weighted by atomic mass is 16.5. The minimum Gasteiger partial charge on any atom is -0.492 e. The lowest BCUT2D eigenvalue weighted by Crippen LogP contribution is -2.22. The van der Waals surface area contributed by atoms with E-state index in [0.29, 0.717) is 12.6 Å². The summed E-state index contributed by atoms with van der Waals surface area (Å²) in [6, 6.07) is 13.9. The van der Waals surface area contributed by atoms with Crippen LogP contribution in [-0.2, 0) is 6.42 Å². The Bertz CT molecular complexity index is 869. The van der Waals surface area contributed by atoms with Crippen LogP contribution in [0.5, 0.6) is 5.75 Å². The van der Waals surface area contributed by atoms with Crippen LogP contribution in [0.4, 0.5) is 17.5 Å². The summed E-state index contributed by atoms with van der Waals surface area (Å²) in [6.45, 7) is 5.41. The Kier molecular flexibility index (Phi) is 6.20. The summed E-state index contributed by atoms with van der Waals surface area (Å²) < 4.78 is 5.67. The quantitative estimate of drug-likeness (QED) is 0.653. The predicted octanol–water partition coefficient (Wildman–Crippen LogP) is 4.00. The molecule has 0 amide bonds. The Morgan fingerprint density at radius 2 is 1.85 bits per heavy atom. The van der Waals surface area contributed by atoms with Gasteiger partial charge < -0.3 is 15.0 Å². The molecule has 140 valence electrons. The lowest BCUT2D eigenvalue weighted by molar-refractivity contribution is 0.342. The zero-order chi connectivity index (χ0) is 19.1. The van der Waals surface area contributed by atoms with E-state index in [0.717, 1.165) is 35.9 Å². The fraction of sp³-hybridized carbons (Fsp3) is 0.286. The van der Waals surface area contributed by atoms with Crippen molar-refractivity contribution in [3.8, 4) is 5.75 Å². The number of ether oxygens (including phenoxy) is 1. The van der Waals surface area contributed by atoms with Crippen LogP contribution in [0.3, 0.4) is 0 Å². The van der Waals surface area contributed by atoms with Crippen molar-refractivity contribution < 1.29 is 4.74 Å². The van der Waals surface area contributed by atoms with Crippen molar-refractivity contribution in [2.24, 2.45) is 0 Å². The summed E-state index contributed by atoms with van der Waals surface area (Å²) in [4.78, 5) is 15.4. The average Bonchev–Trinajstić information content (AvgIpc) is 2.68. The summed E-state index contributed by atoms with van der Waals surface area (Å²) in [7, 11) is 2.04. The monoisotopic (exact) mass is 363 g/mol. The molecule has 0 spiro atoms. The maximum absolute atomic E-state index is 5.67. The Labute approximate surface area is 160 Å². The standard InChI is InChI=1S/C21H25N5O/c1-4-27-19-8-6-5-7-18(19)24-21-23-16(2)15-20(25-21)26(3)14-11-17-9-12-22-13-10-17/h5-10,12-13,15H,4,11,14H2,1-3H3,(H,23,24,25). The molecule has 0 saturated heterocycles. The molecule has 0 aliphatic heterocycles. The van der Waals surface area contributed by atoms with Crippen molar-refractivity contribution >= 4 is 17.5 Å². The summed E-state index contributed by atoms with van der Waals surface area (Å²) in [5, 5.41) is 3.29. The van der Waals surface area contributed by atoms with Crippen LogP contribution < -0.4 is 15.0 Å². The van der Waals surface area contributed by atoms with Gasteiger partial charge in [0, 0.05) is 37.7 Å². The van der Waals surface area contributed by atoms with Gasteiger partial charge in [0.15, 0.2) is 0 Å². The number of rotatable bonds is 8. The number of aryl methyl sites for hydroxylation is 1. The Balaban J connectivity index is 1.74. The lowest BCUT2D eigenvalue weighted by atomic mass is 10.2. The van der Waals surface area contributed by atoms with E-state index < -0.39 is 0 Å². The third-order valence-electron chi connectivity index (χ3n) is 4.15. The van der Waals surface area contributed by atoms with E-state index in [1.54, 1.807) is 0 Å². The lowest BCUT2D eigenvalue weighted by Gasteiger charge is -2.19. The fourth-order valence-electron chi connectivity index (χ4n) is 2.74. The van der Waals surface area contributed by atoms with E-state index in [1.165, 1.54) is 5.56 Å². The van der Waals surface area contributed by atoms with Gasteiger partial charge in [-0.2, -0.15) is 4.98 Å². The molecule has 27 heavy (non-hydrogen) atoms. The predicted molar refractivity (Wildman–Crippen MR) is 109 cm³/mol. The number of anilines is 3. The minimum atomic E-state index is 0.563. The van der Waals surface area contributed by atoms with Crippen LogP contribution >= 0.6 is 0 Å². The summed E-state index contributed by atoms with van der Waals surface area (Å²) in [6.07, 6.45) is 4.57. The first-order valence-electron chi connectivity index (χ1n) is 9.10. The smallest absolute Gasteiger partial charge is 0.229 e. The maximum Gasteiger partial charge on any atom is 0.229 e. The van der Waals surface area contributed by atoms with E-state index in [1.807, 2.05) is 75.8 Å². The fourth-order valence-corrected chi connectivity index (χ4v) is 2.74. The van der Waals surface area contributed by atoms with Gasteiger partial charge in [-0.15, -0.1) is 0 Å². The second-order valence-electron chi connectivity index (χ2n) is 6.27. The van der Waals surface area contributed by atoms with Crippen LogP contribution in [0.1, 0.15) is 18.2 Å². The molecule has 0 fully saturated rings. The molecule has 0 unspecified atom stereocenters. The van der Waals surface area contributed by atoms with Crippen LogP contribution in [0.25, 0.3) is 0 Å². The van der Waals surface area contributed by atoms with Crippen LogP contribution in [-0.4, -0.2) is 35.2 Å². The third-order valence-corrected chi connectivity index (χ3v) is 4.15. The first-order chi connectivity index (χ1) is 13.2. The van der Waals surface area contributed by atoms with Gasteiger partial charge >= 0.3 is 0 Å². The Hall–Kier alpha value is -3.15. The second kappa shape index (κ2) is 8.98. The number of hydrogen-bond donors (Lipinski definition) is 1. The van der Waals surface area contributed by atoms with E-state index in [2.05, 4.69) is 25.2 Å². The van der Waals surface area contributed by atoms with Gasteiger partial charge in [-0.25, -0.2) is 4.98 Å². The molecular weight excluding hydrogens is 338 g/mol. The average molecular weight is 363 g/mol. The molecule has 0 radical (unpaired) electrons. The molecular formula is C21H25N5O. The topological polar surface area (TPSA) is 63.2 Å². The molecule has 0 atom stereocenters. The summed E-state index contributed by atoms with van der Waals surface area (Å²) in [5.74, 6) is 2.23. The van der Waals surface area contributed by atoms with Gasteiger partial charge in [0.05, 0.1) is 12.3 Å². The van der Waals surface area contributed by atoms with Crippen molar-refractivity contribution in [2.75, 3.05) is 30.4 Å². The van der Waals surface area contributed by atoms with Gasteiger partial charge in [-0.3, -0.25) is 4.98 Å². The van der Waals surface area contributed by atoms with E-state index in [-0.39, 0.29) is 0 Å². The second-order valence-corrected chi connectivity index (χ2v) is 6.27. The molecule has 0 aliphatic carbocycles. The highest BCUT2D eigenvalue weighted by Gasteiger charge is 2.09. The van der Waals surface area contributed by atoms with Gasteiger partial charge in [-0.05, 0) is 50.1 Å².